The maximum Gasteiger partial charge on any atom is -0.0101 e. The average molecular weight is 431 g/mol. The third kappa shape index (κ3) is 74.0. The van der Waals surface area contributed by atoms with Crippen LogP contribution in [-0.4, -0.2) is 0 Å². The van der Waals surface area contributed by atoms with E-state index in [1.165, 1.54) is 29.6 Å². The zero-order valence-electron chi connectivity index (χ0n) is 23.4. The molecule has 0 aromatic heterocycles. The first kappa shape index (κ1) is 42.9. The van der Waals surface area contributed by atoms with Crippen molar-refractivity contribution in [2.75, 3.05) is 0 Å². The molecule has 0 rings (SSSR count). The average Bonchev–Trinajstić information content (AvgIpc) is 2.73. The Morgan fingerprint density at radius 1 is 0.871 bits per heavy atom. The van der Waals surface area contributed by atoms with Gasteiger partial charge in [0.25, 0.3) is 0 Å². The van der Waals surface area contributed by atoms with E-state index < -0.39 is 0 Å². The fourth-order valence-corrected chi connectivity index (χ4v) is 1.59. The fraction of sp³-hybridized carbons (Fsp3) is 0.484. The number of hydrogen-bond acceptors (Lipinski definition) is 0. The predicted octanol–water partition coefficient (Wildman–Crippen LogP) is 11.6. The predicted molar refractivity (Wildman–Crippen MR) is 155 cm³/mol. The highest BCUT2D eigenvalue weighted by Crippen LogP contribution is 2.10. The van der Waals surface area contributed by atoms with Crippen molar-refractivity contribution < 1.29 is 0 Å². The summed E-state index contributed by atoms with van der Waals surface area (Å²) in [5.41, 5.74) is 4.85. The van der Waals surface area contributed by atoms with Gasteiger partial charge in [0.15, 0.2) is 0 Å². The lowest BCUT2D eigenvalue weighted by Crippen LogP contribution is -1.81. The summed E-state index contributed by atoms with van der Waals surface area (Å²) in [6.45, 7) is 43.4. The molecule has 0 aliphatic rings. The van der Waals surface area contributed by atoms with Gasteiger partial charge in [-0.05, 0) is 59.5 Å². The van der Waals surface area contributed by atoms with Gasteiger partial charge in [0.05, 0.1) is 0 Å². The van der Waals surface area contributed by atoms with Crippen molar-refractivity contribution in [3.63, 3.8) is 0 Å². The highest BCUT2D eigenvalue weighted by molar-refractivity contribution is 5.27. The Morgan fingerprint density at radius 3 is 1.42 bits per heavy atom. The summed E-state index contributed by atoms with van der Waals surface area (Å²) in [7, 11) is 0. The molecule has 0 unspecified atom stereocenters. The molecule has 0 saturated carbocycles. The first-order chi connectivity index (χ1) is 14.5. The Kier molecular flexibility index (Phi) is 58.3. The molecule has 0 heteroatoms. The van der Waals surface area contributed by atoms with Crippen LogP contribution < -0.4 is 0 Å². The maximum atomic E-state index is 3.83. The molecule has 0 amide bonds. The Balaban J connectivity index is -0.0000000655. The van der Waals surface area contributed by atoms with Gasteiger partial charge in [0.1, 0.15) is 0 Å². The molecule has 0 radical (unpaired) electrons. The summed E-state index contributed by atoms with van der Waals surface area (Å²) in [5, 5.41) is 0. The van der Waals surface area contributed by atoms with Gasteiger partial charge in [-0.1, -0.05) is 114 Å². The molecule has 0 bridgehead atoms. The third-order valence-corrected chi connectivity index (χ3v) is 3.08. The van der Waals surface area contributed by atoms with Gasteiger partial charge < -0.3 is 0 Å². The minimum Gasteiger partial charge on any atom is -0.106 e. The van der Waals surface area contributed by atoms with Crippen LogP contribution in [0.3, 0.4) is 0 Å². The van der Waals surface area contributed by atoms with Crippen molar-refractivity contribution in [2.45, 2.75) is 95.4 Å². The molecule has 0 aliphatic heterocycles. The standard InChI is InChI=1S/C9H14.C8H12.C6H14.C4H8.C2H6.C2H4/c1-5-7-9(6-2)8(3)4;1-4-6-7-8(3)5-2;1-4-5-6(2)3;1-4(2)3;2*1-2/h5-6H,1,3,7H2,2,4H3;4-7H,1H2,2-3H3;6H,4-5H2,1-3H3;1H2,2-3H3;1-2H3;1-2H2/b9-6-;7-6-,8-5+;;;;. The number of allylic oxidation sites excluding steroid dienone is 10. The van der Waals surface area contributed by atoms with Crippen molar-refractivity contribution in [2.24, 2.45) is 5.92 Å². The second-order valence-electron chi connectivity index (χ2n) is 7.10. The SMILES string of the molecule is C=C.C=C(C)C.C=C/C=C\C(C)=C\C.C=CC/C(=C/C)C(=C)C.CC.CCCC(C)C. The summed E-state index contributed by atoms with van der Waals surface area (Å²) >= 11 is 0. The summed E-state index contributed by atoms with van der Waals surface area (Å²) in [4.78, 5) is 0. The Hall–Kier alpha value is -2.08. The van der Waals surface area contributed by atoms with Crippen LogP contribution >= 0.6 is 0 Å². The van der Waals surface area contributed by atoms with E-state index in [1.54, 1.807) is 6.08 Å². The van der Waals surface area contributed by atoms with Crippen molar-refractivity contribution in [1.82, 2.24) is 0 Å². The molecule has 182 valence electrons. The summed E-state index contributed by atoms with van der Waals surface area (Å²) in [6.07, 6.45) is 15.4. The first-order valence-electron chi connectivity index (χ1n) is 11.5. The minimum atomic E-state index is 0.898. The van der Waals surface area contributed by atoms with Crippen molar-refractivity contribution in [1.29, 1.82) is 0 Å². The van der Waals surface area contributed by atoms with Crippen LogP contribution in [0.4, 0.5) is 0 Å². The van der Waals surface area contributed by atoms with E-state index in [1.807, 2.05) is 66.7 Å². The minimum absolute atomic E-state index is 0.898. The fourth-order valence-electron chi connectivity index (χ4n) is 1.59. The summed E-state index contributed by atoms with van der Waals surface area (Å²) in [6, 6.07) is 0. The molecule has 0 fully saturated rings. The van der Waals surface area contributed by atoms with Crippen LogP contribution in [0.5, 0.6) is 0 Å². The number of rotatable bonds is 7. The van der Waals surface area contributed by atoms with Crippen molar-refractivity contribution in [3.8, 4) is 0 Å². The van der Waals surface area contributed by atoms with Crippen molar-refractivity contribution >= 4 is 0 Å². The van der Waals surface area contributed by atoms with Crippen LogP contribution in [0.15, 0.2) is 98.2 Å². The van der Waals surface area contributed by atoms with Crippen LogP contribution in [0.25, 0.3) is 0 Å². The monoisotopic (exact) mass is 430 g/mol. The quantitative estimate of drug-likeness (QED) is 0.278. The lowest BCUT2D eigenvalue weighted by molar-refractivity contribution is 0.576. The van der Waals surface area contributed by atoms with Crippen LogP contribution in [0.2, 0.25) is 0 Å². The second kappa shape index (κ2) is 42.1. The molecule has 0 nitrogen and oxygen atoms in total. The highest BCUT2D eigenvalue weighted by atomic mass is 14.0. The van der Waals surface area contributed by atoms with E-state index >= 15 is 0 Å². The Morgan fingerprint density at radius 2 is 1.29 bits per heavy atom. The van der Waals surface area contributed by atoms with Crippen LogP contribution in [0, 0.1) is 5.92 Å². The van der Waals surface area contributed by atoms with E-state index in [9.17, 15) is 0 Å². The largest absolute Gasteiger partial charge is 0.106 e. The van der Waals surface area contributed by atoms with Gasteiger partial charge in [-0.15, -0.1) is 26.3 Å². The van der Waals surface area contributed by atoms with Gasteiger partial charge in [-0.2, -0.15) is 0 Å². The van der Waals surface area contributed by atoms with Gasteiger partial charge in [0.2, 0.25) is 0 Å². The second-order valence-corrected chi connectivity index (χ2v) is 7.10. The molecule has 0 atom stereocenters. The van der Waals surface area contributed by atoms with E-state index in [2.05, 4.69) is 79.3 Å². The Bertz CT molecular complexity index is 474. The van der Waals surface area contributed by atoms with E-state index in [0.29, 0.717) is 0 Å². The van der Waals surface area contributed by atoms with Gasteiger partial charge >= 0.3 is 0 Å². The molecule has 0 aromatic rings. The molecular formula is C31H58. The zero-order valence-corrected chi connectivity index (χ0v) is 23.4. The highest BCUT2D eigenvalue weighted by Gasteiger charge is 1.90. The molecule has 0 N–H and O–H groups in total. The lowest BCUT2D eigenvalue weighted by atomic mass is 10.1. The molecule has 31 heavy (non-hydrogen) atoms. The van der Waals surface area contributed by atoms with E-state index in [4.69, 9.17) is 0 Å². The molecule has 0 saturated heterocycles. The molecule has 0 aromatic carbocycles. The van der Waals surface area contributed by atoms with Gasteiger partial charge in [-0.3, -0.25) is 0 Å². The van der Waals surface area contributed by atoms with Crippen molar-refractivity contribution in [3.05, 3.63) is 98.2 Å². The van der Waals surface area contributed by atoms with Crippen LogP contribution in [-0.2, 0) is 0 Å². The molecular weight excluding hydrogens is 372 g/mol. The Labute approximate surface area is 199 Å². The normalized spacial score (nSPS) is 9.55. The topological polar surface area (TPSA) is 0 Å². The maximum absolute atomic E-state index is 3.83. The number of hydrogen-bond donors (Lipinski definition) is 0. The zero-order chi connectivity index (χ0) is 26.3. The summed E-state index contributed by atoms with van der Waals surface area (Å²) in [5.74, 6) is 0.898. The first-order valence-corrected chi connectivity index (χ1v) is 11.5. The van der Waals surface area contributed by atoms with E-state index in [-0.39, 0.29) is 0 Å². The molecule has 0 heterocycles. The van der Waals surface area contributed by atoms with Gasteiger partial charge in [-0.25, -0.2) is 0 Å². The van der Waals surface area contributed by atoms with Gasteiger partial charge in [0, 0.05) is 0 Å². The third-order valence-electron chi connectivity index (χ3n) is 3.08. The molecule has 0 spiro atoms. The summed E-state index contributed by atoms with van der Waals surface area (Å²) < 4.78 is 0. The van der Waals surface area contributed by atoms with E-state index in [0.717, 1.165) is 17.9 Å². The van der Waals surface area contributed by atoms with Crippen LogP contribution in [0.1, 0.15) is 95.4 Å². The lowest BCUT2D eigenvalue weighted by Gasteiger charge is -1.99. The molecule has 0 aliphatic carbocycles. The smallest absolute Gasteiger partial charge is 0.0101 e.